The van der Waals surface area contributed by atoms with Crippen molar-refractivity contribution in [1.29, 1.82) is 0 Å². The van der Waals surface area contributed by atoms with E-state index in [0.29, 0.717) is 18.5 Å². The van der Waals surface area contributed by atoms with E-state index >= 15 is 0 Å². The van der Waals surface area contributed by atoms with Crippen molar-refractivity contribution in [2.24, 2.45) is 0 Å². The van der Waals surface area contributed by atoms with Crippen LogP contribution in [0, 0.1) is 0 Å². The minimum Gasteiger partial charge on any atom is -0.478 e. The summed E-state index contributed by atoms with van der Waals surface area (Å²) in [6.07, 6.45) is 3.22. The highest BCUT2D eigenvalue weighted by molar-refractivity contribution is 5.40. The molecule has 0 radical (unpaired) electrons. The second-order valence-corrected chi connectivity index (χ2v) is 6.32. The van der Waals surface area contributed by atoms with E-state index in [4.69, 9.17) is 4.74 Å². The Morgan fingerprint density at radius 3 is 2.50 bits per heavy atom. The lowest BCUT2D eigenvalue weighted by Gasteiger charge is -2.20. The molecule has 0 spiro atoms. The van der Waals surface area contributed by atoms with E-state index in [1.165, 1.54) is 0 Å². The highest BCUT2D eigenvalue weighted by Gasteiger charge is 2.20. The highest BCUT2D eigenvalue weighted by Crippen LogP contribution is 2.24. The van der Waals surface area contributed by atoms with E-state index in [1.807, 2.05) is 6.07 Å². The van der Waals surface area contributed by atoms with Crippen LogP contribution in [0.2, 0.25) is 0 Å². The Morgan fingerprint density at radius 2 is 1.95 bits per heavy atom. The maximum Gasteiger partial charge on any atom is 0.218 e. The molecule has 0 bridgehead atoms. The predicted molar refractivity (Wildman–Crippen MR) is 84.5 cm³/mol. The van der Waals surface area contributed by atoms with Crippen molar-refractivity contribution in [3.8, 4) is 5.88 Å². The van der Waals surface area contributed by atoms with Gasteiger partial charge in [-0.25, -0.2) is 4.98 Å². The van der Waals surface area contributed by atoms with Crippen LogP contribution in [0.4, 0.5) is 5.82 Å². The molecule has 0 saturated heterocycles. The molecule has 1 aromatic rings. The third kappa shape index (κ3) is 5.35. The van der Waals surface area contributed by atoms with Crippen molar-refractivity contribution in [1.82, 2.24) is 9.97 Å². The van der Waals surface area contributed by atoms with Gasteiger partial charge < -0.3 is 10.1 Å². The SMILES string of the molecule is CCCCOc1cc(NC(C)CC)nc(C(C)(C)C)n1. The van der Waals surface area contributed by atoms with Crippen LogP contribution in [0.25, 0.3) is 0 Å². The zero-order valence-corrected chi connectivity index (χ0v) is 13.8. The minimum atomic E-state index is -0.0873. The lowest BCUT2D eigenvalue weighted by molar-refractivity contribution is 0.294. The fraction of sp³-hybridized carbons (Fsp3) is 0.750. The highest BCUT2D eigenvalue weighted by atomic mass is 16.5. The summed E-state index contributed by atoms with van der Waals surface area (Å²) in [4.78, 5) is 9.15. The quantitative estimate of drug-likeness (QED) is 0.761. The second kappa shape index (κ2) is 7.46. The van der Waals surface area contributed by atoms with Gasteiger partial charge in [-0.15, -0.1) is 0 Å². The third-order valence-corrected chi connectivity index (χ3v) is 3.13. The predicted octanol–water partition coefficient (Wildman–Crippen LogP) is 4.16. The number of hydrogen-bond donors (Lipinski definition) is 1. The Hall–Kier alpha value is -1.32. The molecule has 1 aromatic heterocycles. The lowest BCUT2D eigenvalue weighted by atomic mass is 9.96. The zero-order valence-electron chi connectivity index (χ0n) is 13.8. The van der Waals surface area contributed by atoms with Crippen molar-refractivity contribution in [2.45, 2.75) is 72.3 Å². The van der Waals surface area contributed by atoms with Crippen LogP contribution in [0.3, 0.4) is 0 Å². The summed E-state index contributed by atoms with van der Waals surface area (Å²) >= 11 is 0. The molecular weight excluding hydrogens is 250 g/mol. The topological polar surface area (TPSA) is 47.0 Å². The monoisotopic (exact) mass is 279 g/mol. The van der Waals surface area contributed by atoms with E-state index < -0.39 is 0 Å². The number of nitrogens with one attached hydrogen (secondary N) is 1. The average Bonchev–Trinajstić information content (AvgIpc) is 2.37. The first kappa shape index (κ1) is 16.7. The fourth-order valence-corrected chi connectivity index (χ4v) is 1.58. The molecule has 1 atom stereocenters. The molecule has 114 valence electrons. The number of ether oxygens (including phenoxy) is 1. The van der Waals surface area contributed by atoms with Gasteiger partial charge in [0.25, 0.3) is 0 Å². The Morgan fingerprint density at radius 1 is 1.25 bits per heavy atom. The van der Waals surface area contributed by atoms with Crippen molar-refractivity contribution >= 4 is 5.82 Å². The third-order valence-electron chi connectivity index (χ3n) is 3.13. The van der Waals surface area contributed by atoms with Gasteiger partial charge in [0, 0.05) is 17.5 Å². The van der Waals surface area contributed by atoms with Crippen LogP contribution < -0.4 is 10.1 Å². The number of rotatable bonds is 7. The van der Waals surface area contributed by atoms with Crippen molar-refractivity contribution < 1.29 is 4.74 Å². The first-order valence-corrected chi connectivity index (χ1v) is 7.65. The van der Waals surface area contributed by atoms with Crippen LogP contribution in [0.15, 0.2) is 6.07 Å². The maximum atomic E-state index is 5.75. The second-order valence-electron chi connectivity index (χ2n) is 6.32. The van der Waals surface area contributed by atoms with E-state index in [9.17, 15) is 0 Å². The number of hydrogen-bond acceptors (Lipinski definition) is 4. The van der Waals surface area contributed by atoms with Gasteiger partial charge in [-0.2, -0.15) is 4.98 Å². The summed E-state index contributed by atoms with van der Waals surface area (Å²) in [5.41, 5.74) is -0.0873. The molecule has 0 aromatic carbocycles. The first-order chi connectivity index (χ1) is 9.36. The Kier molecular flexibility index (Phi) is 6.24. The van der Waals surface area contributed by atoms with Crippen LogP contribution in [0.1, 0.15) is 66.6 Å². The molecule has 1 unspecified atom stereocenters. The molecule has 20 heavy (non-hydrogen) atoms. The van der Waals surface area contributed by atoms with Gasteiger partial charge in [0.1, 0.15) is 11.6 Å². The molecule has 0 aliphatic carbocycles. The molecule has 0 saturated carbocycles. The van der Waals surface area contributed by atoms with Crippen molar-refractivity contribution in [3.05, 3.63) is 11.9 Å². The van der Waals surface area contributed by atoms with E-state index in [0.717, 1.165) is 30.9 Å². The minimum absolute atomic E-state index is 0.0873. The molecule has 1 heterocycles. The van der Waals surface area contributed by atoms with E-state index in [1.54, 1.807) is 0 Å². The molecule has 4 heteroatoms. The van der Waals surface area contributed by atoms with Gasteiger partial charge in [0.2, 0.25) is 5.88 Å². The van der Waals surface area contributed by atoms with Gasteiger partial charge in [-0.3, -0.25) is 0 Å². The van der Waals surface area contributed by atoms with Gasteiger partial charge in [0.05, 0.1) is 6.61 Å². The molecule has 0 amide bonds. The lowest BCUT2D eigenvalue weighted by Crippen LogP contribution is -2.20. The molecular formula is C16H29N3O. The van der Waals surface area contributed by atoms with Gasteiger partial charge >= 0.3 is 0 Å². The van der Waals surface area contributed by atoms with Crippen LogP contribution in [-0.4, -0.2) is 22.6 Å². The Labute approximate surface area is 123 Å². The summed E-state index contributed by atoms with van der Waals surface area (Å²) in [7, 11) is 0. The van der Waals surface area contributed by atoms with Crippen molar-refractivity contribution in [2.75, 3.05) is 11.9 Å². The van der Waals surface area contributed by atoms with E-state index in [-0.39, 0.29) is 5.41 Å². The largest absolute Gasteiger partial charge is 0.478 e. The number of unbranched alkanes of at least 4 members (excludes halogenated alkanes) is 1. The van der Waals surface area contributed by atoms with Crippen LogP contribution in [-0.2, 0) is 5.41 Å². The van der Waals surface area contributed by atoms with Crippen LogP contribution in [0.5, 0.6) is 5.88 Å². The molecule has 1 N–H and O–H groups in total. The summed E-state index contributed by atoms with van der Waals surface area (Å²) in [6.45, 7) is 13.5. The Bertz CT molecular complexity index is 413. The summed E-state index contributed by atoms with van der Waals surface area (Å²) < 4.78 is 5.75. The summed E-state index contributed by atoms with van der Waals surface area (Å²) in [6, 6.07) is 2.29. The summed E-state index contributed by atoms with van der Waals surface area (Å²) in [5.74, 6) is 2.34. The maximum absolute atomic E-state index is 5.75. The number of anilines is 1. The van der Waals surface area contributed by atoms with Gasteiger partial charge in [-0.1, -0.05) is 41.0 Å². The normalized spacial score (nSPS) is 13.1. The van der Waals surface area contributed by atoms with Crippen LogP contribution >= 0.6 is 0 Å². The first-order valence-electron chi connectivity index (χ1n) is 7.65. The molecule has 4 nitrogen and oxygen atoms in total. The number of nitrogens with zero attached hydrogens (tertiary/aromatic N) is 2. The molecule has 0 aliphatic rings. The van der Waals surface area contributed by atoms with Gasteiger partial charge in [-0.05, 0) is 19.8 Å². The molecule has 1 rings (SSSR count). The average molecular weight is 279 g/mol. The van der Waals surface area contributed by atoms with E-state index in [2.05, 4.69) is 56.8 Å². The Balaban J connectivity index is 2.95. The number of aromatic nitrogens is 2. The fourth-order valence-electron chi connectivity index (χ4n) is 1.58. The summed E-state index contributed by atoms with van der Waals surface area (Å²) in [5, 5.41) is 3.40. The standard InChI is InChI=1S/C16H29N3O/c1-7-9-10-20-14-11-13(17-12(3)8-2)18-15(19-14)16(4,5)6/h11-12H,7-10H2,1-6H3,(H,17,18,19). The molecule has 0 aliphatic heterocycles. The molecule has 0 fully saturated rings. The van der Waals surface area contributed by atoms with Gasteiger partial charge in [0.15, 0.2) is 0 Å². The van der Waals surface area contributed by atoms with Crippen molar-refractivity contribution in [3.63, 3.8) is 0 Å². The zero-order chi connectivity index (χ0) is 15.2. The smallest absolute Gasteiger partial charge is 0.218 e.